The van der Waals surface area contributed by atoms with Crippen LogP contribution >= 0.6 is 0 Å². The first-order valence-corrected chi connectivity index (χ1v) is 8.27. The first-order valence-electron chi connectivity index (χ1n) is 8.27. The molecule has 4 aromatic rings. The van der Waals surface area contributed by atoms with Crippen LogP contribution in [0.15, 0.2) is 54.9 Å². The molecule has 0 atom stereocenters. The van der Waals surface area contributed by atoms with Crippen LogP contribution in [0.2, 0.25) is 0 Å². The van der Waals surface area contributed by atoms with Crippen LogP contribution in [0, 0.1) is 18.3 Å². The SMILES string of the molecule is Cc1c(-c2cc(-c3cccnc3)c(C#N)c(N)n2)c2ccccc2n1C. The van der Waals surface area contributed by atoms with Crippen molar-refractivity contribution < 1.29 is 0 Å². The van der Waals surface area contributed by atoms with Gasteiger partial charge in [-0.05, 0) is 25.1 Å². The maximum atomic E-state index is 9.56. The van der Waals surface area contributed by atoms with Crippen molar-refractivity contribution >= 4 is 16.7 Å². The second-order valence-electron chi connectivity index (χ2n) is 6.21. The number of para-hydroxylation sites is 1. The number of aryl methyl sites for hydroxylation is 1. The summed E-state index contributed by atoms with van der Waals surface area (Å²) in [5, 5.41) is 10.7. The Labute approximate surface area is 151 Å². The van der Waals surface area contributed by atoms with Gasteiger partial charge in [-0.25, -0.2) is 4.98 Å². The Hall–Kier alpha value is -3.65. The number of nitrogens with two attached hydrogens (primary N) is 1. The van der Waals surface area contributed by atoms with E-state index >= 15 is 0 Å². The molecule has 2 N–H and O–H groups in total. The standard InChI is InChI=1S/C21H17N5/c1-13-20(15-7-3-4-8-19(15)26(13)2)18-10-16(14-6-5-9-24-12-14)17(11-22)21(23)25-18/h3-10,12H,1-2H3,(H2,23,25). The van der Waals surface area contributed by atoms with Crippen LogP contribution in [-0.2, 0) is 7.05 Å². The van der Waals surface area contributed by atoms with Crippen molar-refractivity contribution in [2.24, 2.45) is 7.05 Å². The normalized spacial score (nSPS) is 10.8. The van der Waals surface area contributed by atoms with Crippen molar-refractivity contribution in [1.82, 2.24) is 14.5 Å². The zero-order valence-corrected chi connectivity index (χ0v) is 14.6. The van der Waals surface area contributed by atoms with E-state index in [4.69, 9.17) is 5.73 Å². The molecule has 0 unspecified atom stereocenters. The van der Waals surface area contributed by atoms with Crippen molar-refractivity contribution in [3.8, 4) is 28.5 Å². The number of benzene rings is 1. The van der Waals surface area contributed by atoms with Crippen molar-refractivity contribution in [2.75, 3.05) is 5.73 Å². The van der Waals surface area contributed by atoms with Crippen molar-refractivity contribution in [1.29, 1.82) is 5.26 Å². The number of rotatable bonds is 2. The molecule has 0 aliphatic rings. The van der Waals surface area contributed by atoms with Gasteiger partial charge in [0.25, 0.3) is 0 Å². The molecule has 0 bridgehead atoms. The summed E-state index contributed by atoms with van der Waals surface area (Å²) in [4.78, 5) is 8.71. The molecule has 0 saturated carbocycles. The highest BCUT2D eigenvalue weighted by Gasteiger charge is 2.18. The molecule has 126 valence electrons. The lowest BCUT2D eigenvalue weighted by Crippen LogP contribution is -2.00. The molecule has 0 radical (unpaired) electrons. The van der Waals surface area contributed by atoms with Crippen LogP contribution < -0.4 is 5.73 Å². The molecule has 3 aromatic heterocycles. The summed E-state index contributed by atoms with van der Waals surface area (Å²) in [5.74, 6) is 0.233. The van der Waals surface area contributed by atoms with Gasteiger partial charge in [0.05, 0.1) is 5.69 Å². The van der Waals surface area contributed by atoms with Gasteiger partial charge in [-0.2, -0.15) is 5.26 Å². The van der Waals surface area contributed by atoms with E-state index in [9.17, 15) is 5.26 Å². The molecule has 0 saturated heterocycles. The minimum atomic E-state index is 0.233. The van der Waals surface area contributed by atoms with Crippen LogP contribution in [0.4, 0.5) is 5.82 Å². The summed E-state index contributed by atoms with van der Waals surface area (Å²) in [6.45, 7) is 2.06. The van der Waals surface area contributed by atoms with Gasteiger partial charge in [0.15, 0.2) is 0 Å². The second kappa shape index (κ2) is 6.01. The van der Waals surface area contributed by atoms with Gasteiger partial charge in [-0.3, -0.25) is 4.98 Å². The summed E-state index contributed by atoms with van der Waals surface area (Å²) < 4.78 is 2.14. The lowest BCUT2D eigenvalue weighted by Gasteiger charge is -2.10. The van der Waals surface area contributed by atoms with Gasteiger partial charge in [-0.1, -0.05) is 24.3 Å². The molecular formula is C21H17N5. The fourth-order valence-corrected chi connectivity index (χ4v) is 3.40. The highest BCUT2D eigenvalue weighted by Crippen LogP contribution is 2.36. The van der Waals surface area contributed by atoms with E-state index in [0.29, 0.717) is 5.56 Å². The molecule has 26 heavy (non-hydrogen) atoms. The van der Waals surface area contributed by atoms with Gasteiger partial charge < -0.3 is 10.3 Å². The average molecular weight is 339 g/mol. The number of nitrogens with zero attached hydrogens (tertiary/aromatic N) is 4. The first kappa shape index (κ1) is 15.9. The highest BCUT2D eigenvalue weighted by atomic mass is 15.0. The largest absolute Gasteiger partial charge is 0.383 e. The zero-order chi connectivity index (χ0) is 18.3. The highest BCUT2D eigenvalue weighted by molar-refractivity contribution is 5.98. The van der Waals surface area contributed by atoms with Crippen molar-refractivity contribution in [3.63, 3.8) is 0 Å². The monoisotopic (exact) mass is 339 g/mol. The predicted molar refractivity (Wildman–Crippen MR) is 103 cm³/mol. The van der Waals surface area contributed by atoms with E-state index in [-0.39, 0.29) is 5.82 Å². The lowest BCUT2D eigenvalue weighted by molar-refractivity contribution is 0.919. The summed E-state index contributed by atoms with van der Waals surface area (Å²) in [6.07, 6.45) is 3.44. The van der Waals surface area contributed by atoms with Gasteiger partial charge in [0.1, 0.15) is 17.5 Å². The maximum Gasteiger partial charge on any atom is 0.142 e. The Morgan fingerprint density at radius 2 is 1.96 bits per heavy atom. The van der Waals surface area contributed by atoms with Crippen LogP contribution in [-0.4, -0.2) is 14.5 Å². The van der Waals surface area contributed by atoms with E-state index in [1.165, 1.54) is 0 Å². The van der Waals surface area contributed by atoms with E-state index < -0.39 is 0 Å². The van der Waals surface area contributed by atoms with Gasteiger partial charge in [-0.15, -0.1) is 0 Å². The molecule has 4 rings (SSSR count). The molecule has 1 aromatic carbocycles. The molecular weight excluding hydrogens is 322 g/mol. The Bertz CT molecular complexity index is 1170. The molecule has 0 amide bonds. The molecule has 0 fully saturated rings. The topological polar surface area (TPSA) is 80.5 Å². The number of hydrogen-bond donors (Lipinski definition) is 1. The summed E-state index contributed by atoms with van der Waals surface area (Å²) in [6, 6.07) is 16.1. The van der Waals surface area contributed by atoms with Crippen molar-refractivity contribution in [3.05, 3.63) is 66.1 Å². The average Bonchev–Trinajstić information content (AvgIpc) is 2.93. The molecule has 5 heteroatoms. The first-order chi connectivity index (χ1) is 12.6. The van der Waals surface area contributed by atoms with Gasteiger partial charge in [0, 0.05) is 52.7 Å². The van der Waals surface area contributed by atoms with Crippen LogP contribution in [0.1, 0.15) is 11.3 Å². The van der Waals surface area contributed by atoms with Crippen molar-refractivity contribution in [2.45, 2.75) is 6.92 Å². The van der Waals surface area contributed by atoms with Gasteiger partial charge >= 0.3 is 0 Å². The predicted octanol–water partition coefficient (Wildman–Crippen LogP) is 4.06. The summed E-state index contributed by atoms with van der Waals surface area (Å²) >= 11 is 0. The minimum absolute atomic E-state index is 0.233. The summed E-state index contributed by atoms with van der Waals surface area (Å²) in [5.41, 5.74) is 12.1. The zero-order valence-electron chi connectivity index (χ0n) is 14.6. The Morgan fingerprint density at radius 1 is 1.15 bits per heavy atom. The van der Waals surface area contributed by atoms with Crippen LogP contribution in [0.25, 0.3) is 33.3 Å². The fraction of sp³-hybridized carbons (Fsp3) is 0.0952. The molecule has 5 nitrogen and oxygen atoms in total. The smallest absolute Gasteiger partial charge is 0.142 e. The Kier molecular flexibility index (Phi) is 3.67. The minimum Gasteiger partial charge on any atom is -0.383 e. The Balaban J connectivity index is 2.05. The third-order valence-electron chi connectivity index (χ3n) is 4.79. The number of nitrogen functional groups attached to an aromatic ring is 1. The third kappa shape index (κ3) is 2.32. The second-order valence-corrected chi connectivity index (χ2v) is 6.21. The fourth-order valence-electron chi connectivity index (χ4n) is 3.40. The number of pyridine rings is 2. The number of anilines is 1. The van der Waals surface area contributed by atoms with Gasteiger partial charge in [0.2, 0.25) is 0 Å². The Morgan fingerprint density at radius 3 is 2.69 bits per heavy atom. The van der Waals surface area contributed by atoms with E-state index in [1.807, 2.05) is 37.4 Å². The number of fused-ring (bicyclic) bond motifs is 1. The van der Waals surface area contributed by atoms with Crippen LogP contribution in [0.3, 0.4) is 0 Å². The van der Waals surface area contributed by atoms with Crippen LogP contribution in [0.5, 0.6) is 0 Å². The molecule has 3 heterocycles. The number of nitriles is 1. The molecule has 0 aliphatic heterocycles. The molecule has 0 aliphatic carbocycles. The third-order valence-corrected chi connectivity index (χ3v) is 4.79. The van der Waals surface area contributed by atoms with E-state index in [1.54, 1.807) is 12.4 Å². The van der Waals surface area contributed by atoms with E-state index in [2.05, 4.69) is 39.7 Å². The van der Waals surface area contributed by atoms with E-state index in [0.717, 1.165) is 39.0 Å². The maximum absolute atomic E-state index is 9.56. The number of aromatic nitrogens is 3. The quantitative estimate of drug-likeness (QED) is 0.597. The molecule has 0 spiro atoms. The summed E-state index contributed by atoms with van der Waals surface area (Å²) in [7, 11) is 2.04. The number of hydrogen-bond acceptors (Lipinski definition) is 4. The lowest BCUT2D eigenvalue weighted by atomic mass is 9.98.